The number of rotatable bonds is 7. The summed E-state index contributed by atoms with van der Waals surface area (Å²) in [5.41, 5.74) is 1.22. The summed E-state index contributed by atoms with van der Waals surface area (Å²) in [6, 6.07) is 7.89. The van der Waals surface area contributed by atoms with Gasteiger partial charge in [0.15, 0.2) is 5.75 Å². The average molecular weight is 356 g/mol. The highest BCUT2D eigenvalue weighted by molar-refractivity contribution is 5.58. The predicted octanol–water partition coefficient (Wildman–Crippen LogP) is 3.13. The van der Waals surface area contributed by atoms with E-state index in [9.17, 15) is 14.3 Å². The summed E-state index contributed by atoms with van der Waals surface area (Å²) < 4.78 is 17.4. The number of aryl methyl sites for hydroxylation is 2. The normalized spacial score (nSPS) is 11.0. The largest absolute Gasteiger partial charge is 0.503 e. The van der Waals surface area contributed by atoms with Gasteiger partial charge in [0.1, 0.15) is 11.5 Å². The number of pyridine rings is 1. The first kappa shape index (κ1) is 17.8. The molecule has 136 valence electrons. The standard InChI is InChI=1S/C19H21FN4O2/c1-14-19(26)18(25)9-12-23(14)10-5-2-6-11-24-13-17(21-22-24)15-7-3-4-8-16(15)20/h3-4,7-9,12-13,26H,2,5-6,10-11H2,1H3. The minimum Gasteiger partial charge on any atom is -0.503 e. The molecule has 0 amide bonds. The van der Waals surface area contributed by atoms with Gasteiger partial charge in [-0.25, -0.2) is 4.39 Å². The Labute approximate surface area is 150 Å². The molecule has 0 aliphatic rings. The first-order chi connectivity index (χ1) is 12.6. The van der Waals surface area contributed by atoms with Crippen molar-refractivity contribution in [2.45, 2.75) is 39.3 Å². The molecule has 0 atom stereocenters. The number of hydrogen-bond donors (Lipinski definition) is 1. The molecule has 6 nitrogen and oxygen atoms in total. The maximum atomic E-state index is 13.8. The molecule has 0 spiro atoms. The van der Waals surface area contributed by atoms with Crippen molar-refractivity contribution < 1.29 is 9.50 Å². The van der Waals surface area contributed by atoms with Crippen LogP contribution in [0.2, 0.25) is 0 Å². The molecular formula is C19H21FN4O2. The average Bonchev–Trinajstić information content (AvgIpc) is 3.10. The van der Waals surface area contributed by atoms with E-state index >= 15 is 0 Å². The second-order valence-corrected chi connectivity index (χ2v) is 6.21. The lowest BCUT2D eigenvalue weighted by Gasteiger charge is -2.11. The lowest BCUT2D eigenvalue weighted by atomic mass is 10.1. The zero-order valence-electron chi connectivity index (χ0n) is 14.6. The number of halogens is 1. The van der Waals surface area contributed by atoms with Crippen LogP contribution in [0.3, 0.4) is 0 Å². The molecule has 0 aliphatic carbocycles. The van der Waals surface area contributed by atoms with Crippen molar-refractivity contribution >= 4 is 0 Å². The molecule has 3 rings (SSSR count). The molecule has 0 bridgehead atoms. The Kier molecular flexibility index (Phi) is 5.46. The van der Waals surface area contributed by atoms with E-state index < -0.39 is 0 Å². The SMILES string of the molecule is Cc1c(O)c(=O)ccn1CCCCCn1cc(-c2ccccc2F)nn1. The van der Waals surface area contributed by atoms with Gasteiger partial charge in [-0.3, -0.25) is 9.48 Å². The van der Waals surface area contributed by atoms with E-state index in [-0.39, 0.29) is 17.0 Å². The molecule has 2 heterocycles. The van der Waals surface area contributed by atoms with E-state index in [1.54, 1.807) is 42.2 Å². The summed E-state index contributed by atoms with van der Waals surface area (Å²) in [5.74, 6) is -0.491. The third-order valence-corrected chi connectivity index (χ3v) is 4.39. The number of unbranched alkanes of at least 4 members (excludes halogenated alkanes) is 2. The van der Waals surface area contributed by atoms with Crippen LogP contribution in [-0.2, 0) is 13.1 Å². The van der Waals surface area contributed by atoms with Crippen LogP contribution in [-0.4, -0.2) is 24.7 Å². The fraction of sp³-hybridized carbons (Fsp3) is 0.316. The molecule has 0 aliphatic heterocycles. The second-order valence-electron chi connectivity index (χ2n) is 6.21. The van der Waals surface area contributed by atoms with Crippen LogP contribution in [0.15, 0.2) is 47.5 Å². The summed E-state index contributed by atoms with van der Waals surface area (Å²) in [5, 5.41) is 17.8. The van der Waals surface area contributed by atoms with Crippen molar-refractivity contribution in [2.75, 3.05) is 0 Å². The molecule has 1 aromatic carbocycles. The van der Waals surface area contributed by atoms with Gasteiger partial charge in [0.2, 0.25) is 5.43 Å². The molecule has 2 aromatic heterocycles. The second kappa shape index (κ2) is 7.95. The highest BCUT2D eigenvalue weighted by atomic mass is 19.1. The summed E-state index contributed by atoms with van der Waals surface area (Å²) in [7, 11) is 0. The molecule has 0 radical (unpaired) electrons. The lowest BCUT2D eigenvalue weighted by molar-refractivity contribution is 0.448. The van der Waals surface area contributed by atoms with Crippen molar-refractivity contribution in [1.82, 2.24) is 19.6 Å². The Balaban J connectivity index is 1.48. The molecule has 26 heavy (non-hydrogen) atoms. The van der Waals surface area contributed by atoms with Crippen molar-refractivity contribution in [3.05, 3.63) is 64.5 Å². The smallest absolute Gasteiger partial charge is 0.223 e. The minimum absolute atomic E-state index is 0.184. The highest BCUT2D eigenvalue weighted by Gasteiger charge is 2.08. The summed E-state index contributed by atoms with van der Waals surface area (Å²) in [6.45, 7) is 3.17. The number of hydrogen-bond acceptors (Lipinski definition) is 4. The maximum Gasteiger partial charge on any atom is 0.223 e. The van der Waals surface area contributed by atoms with Crippen LogP contribution in [0.25, 0.3) is 11.3 Å². The highest BCUT2D eigenvalue weighted by Crippen LogP contribution is 2.19. The van der Waals surface area contributed by atoms with Crippen LogP contribution in [0.4, 0.5) is 4.39 Å². The van der Waals surface area contributed by atoms with Crippen LogP contribution < -0.4 is 5.43 Å². The molecule has 0 unspecified atom stereocenters. The lowest BCUT2D eigenvalue weighted by Crippen LogP contribution is -2.10. The van der Waals surface area contributed by atoms with Gasteiger partial charge in [-0.1, -0.05) is 17.3 Å². The van der Waals surface area contributed by atoms with Gasteiger partial charge < -0.3 is 9.67 Å². The van der Waals surface area contributed by atoms with Gasteiger partial charge >= 0.3 is 0 Å². The van der Waals surface area contributed by atoms with Crippen LogP contribution in [0.5, 0.6) is 5.75 Å². The Hall–Kier alpha value is -2.96. The monoisotopic (exact) mass is 356 g/mol. The Morgan fingerprint density at radius 2 is 1.88 bits per heavy atom. The van der Waals surface area contributed by atoms with Gasteiger partial charge in [0.05, 0.1) is 11.9 Å². The van der Waals surface area contributed by atoms with Gasteiger partial charge in [-0.15, -0.1) is 5.10 Å². The van der Waals surface area contributed by atoms with Crippen molar-refractivity contribution in [2.24, 2.45) is 0 Å². The molecule has 3 aromatic rings. The van der Waals surface area contributed by atoms with Gasteiger partial charge in [0, 0.05) is 30.9 Å². The summed E-state index contributed by atoms with van der Waals surface area (Å²) in [4.78, 5) is 11.3. The van der Waals surface area contributed by atoms with Gasteiger partial charge in [-0.2, -0.15) is 0 Å². The minimum atomic E-state index is -0.351. The molecule has 0 fully saturated rings. The van der Waals surface area contributed by atoms with E-state index in [2.05, 4.69) is 10.3 Å². The van der Waals surface area contributed by atoms with E-state index in [1.165, 1.54) is 12.1 Å². The topological polar surface area (TPSA) is 72.9 Å². The van der Waals surface area contributed by atoms with Gasteiger partial charge in [-0.05, 0) is 38.3 Å². The Morgan fingerprint density at radius 3 is 2.69 bits per heavy atom. The first-order valence-electron chi connectivity index (χ1n) is 8.60. The molecule has 1 N–H and O–H groups in total. The Morgan fingerprint density at radius 1 is 1.12 bits per heavy atom. The van der Waals surface area contributed by atoms with Crippen LogP contribution >= 0.6 is 0 Å². The first-order valence-corrected chi connectivity index (χ1v) is 8.60. The number of nitrogens with zero attached hydrogens (tertiary/aromatic N) is 4. The third-order valence-electron chi connectivity index (χ3n) is 4.39. The third kappa shape index (κ3) is 3.99. The zero-order chi connectivity index (χ0) is 18.5. The quantitative estimate of drug-likeness (QED) is 0.660. The molecule has 0 saturated carbocycles. The number of benzene rings is 1. The number of aromatic nitrogens is 4. The van der Waals surface area contributed by atoms with Crippen molar-refractivity contribution in [3.8, 4) is 17.0 Å². The van der Waals surface area contributed by atoms with Crippen LogP contribution in [0.1, 0.15) is 25.0 Å². The molecule has 0 saturated heterocycles. The Bertz CT molecular complexity index is 949. The zero-order valence-corrected chi connectivity index (χ0v) is 14.6. The fourth-order valence-corrected chi connectivity index (χ4v) is 2.84. The van der Waals surface area contributed by atoms with Crippen molar-refractivity contribution in [1.29, 1.82) is 0 Å². The van der Waals surface area contributed by atoms with Gasteiger partial charge in [0.25, 0.3) is 0 Å². The van der Waals surface area contributed by atoms with E-state index in [0.29, 0.717) is 23.5 Å². The van der Waals surface area contributed by atoms with Crippen LogP contribution in [0, 0.1) is 12.7 Å². The molecule has 7 heteroatoms. The van der Waals surface area contributed by atoms with E-state index in [0.717, 1.165) is 25.8 Å². The van der Waals surface area contributed by atoms with E-state index in [1.807, 2.05) is 4.57 Å². The molecular weight excluding hydrogens is 335 g/mol. The summed E-state index contributed by atoms with van der Waals surface area (Å²) in [6.07, 6.45) is 6.24. The maximum absolute atomic E-state index is 13.8. The van der Waals surface area contributed by atoms with Crippen molar-refractivity contribution in [3.63, 3.8) is 0 Å². The summed E-state index contributed by atoms with van der Waals surface area (Å²) >= 11 is 0. The fourth-order valence-electron chi connectivity index (χ4n) is 2.84. The predicted molar refractivity (Wildman–Crippen MR) is 96.4 cm³/mol. The number of aromatic hydroxyl groups is 1. The van der Waals surface area contributed by atoms with E-state index in [4.69, 9.17) is 0 Å².